The van der Waals surface area contributed by atoms with Crippen molar-refractivity contribution >= 4 is 33.4 Å². The summed E-state index contributed by atoms with van der Waals surface area (Å²) < 4.78 is 18.9. The van der Waals surface area contributed by atoms with Crippen molar-refractivity contribution in [1.82, 2.24) is 0 Å². The predicted molar refractivity (Wildman–Crippen MR) is 81.0 cm³/mol. The smallest absolute Gasteiger partial charge is 0.412 e. The van der Waals surface area contributed by atoms with Crippen LogP contribution in [0.2, 0.25) is 0 Å². The highest BCUT2D eigenvalue weighted by Gasteiger charge is 2.22. The Balaban J connectivity index is 2.10. The summed E-state index contributed by atoms with van der Waals surface area (Å²) in [6.07, 6.45) is -0.979. The third-order valence-corrected chi connectivity index (χ3v) is 3.13. The van der Waals surface area contributed by atoms with Crippen molar-refractivity contribution in [3.8, 4) is 0 Å². The molecule has 0 radical (unpaired) electrons. The van der Waals surface area contributed by atoms with Crippen LogP contribution in [0, 0.1) is 15.9 Å². The topological polar surface area (TPSA) is 81.5 Å². The van der Waals surface area contributed by atoms with Gasteiger partial charge in [0.2, 0.25) is 0 Å². The summed E-state index contributed by atoms with van der Waals surface area (Å²) in [5.41, 5.74) is -0.363. The van der Waals surface area contributed by atoms with Crippen LogP contribution in [0.15, 0.2) is 46.9 Å². The van der Waals surface area contributed by atoms with Crippen molar-refractivity contribution in [2.75, 3.05) is 5.32 Å². The number of halogens is 2. The third kappa shape index (κ3) is 4.01. The molecule has 22 heavy (non-hydrogen) atoms. The van der Waals surface area contributed by atoms with Gasteiger partial charge in [-0.1, -0.05) is 46.3 Å². The first kappa shape index (κ1) is 15.9. The number of amides is 1. The highest BCUT2D eigenvalue weighted by molar-refractivity contribution is 9.10. The number of nitrogens with zero attached hydrogens (tertiary/aromatic N) is 1. The molecule has 0 bridgehead atoms. The molecule has 6 nitrogen and oxygen atoms in total. The molecule has 0 saturated carbocycles. The lowest BCUT2D eigenvalue weighted by Crippen LogP contribution is -2.15. The van der Waals surface area contributed by atoms with Crippen molar-refractivity contribution < 1.29 is 18.8 Å². The quantitative estimate of drug-likeness (QED) is 0.646. The lowest BCUT2D eigenvalue weighted by atomic mass is 10.2. The fourth-order valence-corrected chi connectivity index (χ4v) is 2.11. The first-order chi connectivity index (χ1) is 10.5. The van der Waals surface area contributed by atoms with Gasteiger partial charge in [0.15, 0.2) is 11.5 Å². The van der Waals surface area contributed by atoms with Crippen molar-refractivity contribution in [2.45, 2.75) is 6.61 Å². The lowest BCUT2D eigenvalue weighted by molar-refractivity contribution is -0.384. The average molecular weight is 369 g/mol. The molecule has 0 saturated heterocycles. The first-order valence-corrected chi connectivity index (χ1v) is 6.88. The van der Waals surface area contributed by atoms with Crippen molar-refractivity contribution in [3.63, 3.8) is 0 Å². The van der Waals surface area contributed by atoms with E-state index in [4.69, 9.17) is 4.74 Å². The Morgan fingerprint density at radius 2 is 2.00 bits per heavy atom. The van der Waals surface area contributed by atoms with E-state index in [0.29, 0.717) is 0 Å². The summed E-state index contributed by atoms with van der Waals surface area (Å²) in [6.45, 7) is -0.0291. The van der Waals surface area contributed by atoms with E-state index in [1.807, 2.05) is 6.07 Å². The van der Waals surface area contributed by atoms with Gasteiger partial charge in [-0.15, -0.1) is 0 Å². The molecule has 0 aliphatic heterocycles. The standard InChI is InChI=1S/C14H10BrFN2O4/c15-10-6-11(16)13(12(7-10)18(20)21)17-14(19)22-8-9-4-2-1-3-5-9/h1-7H,8H2,(H,17,19). The molecule has 114 valence electrons. The number of anilines is 1. The van der Waals surface area contributed by atoms with Gasteiger partial charge < -0.3 is 4.74 Å². The number of hydrogen-bond acceptors (Lipinski definition) is 4. The first-order valence-electron chi connectivity index (χ1n) is 6.08. The Kier molecular flexibility index (Phi) is 5.05. The number of nitro groups is 1. The van der Waals surface area contributed by atoms with Crippen molar-refractivity contribution in [3.05, 3.63) is 68.4 Å². The molecule has 0 fully saturated rings. The Bertz CT molecular complexity index is 709. The SMILES string of the molecule is O=C(Nc1c(F)cc(Br)cc1[N+](=O)[O-])OCc1ccccc1. The number of nitro benzene ring substituents is 1. The Morgan fingerprint density at radius 3 is 2.64 bits per heavy atom. The summed E-state index contributed by atoms with van der Waals surface area (Å²) in [6, 6.07) is 11.0. The van der Waals surface area contributed by atoms with E-state index in [0.717, 1.165) is 17.7 Å². The van der Waals surface area contributed by atoms with Crippen LogP contribution in [-0.4, -0.2) is 11.0 Å². The summed E-state index contributed by atoms with van der Waals surface area (Å²) in [5, 5.41) is 13.0. The number of carbonyl (C=O) groups is 1. The number of rotatable bonds is 4. The molecule has 0 aliphatic rings. The zero-order chi connectivity index (χ0) is 16.1. The number of benzene rings is 2. The minimum atomic E-state index is -0.979. The van der Waals surface area contributed by atoms with Crippen LogP contribution in [-0.2, 0) is 11.3 Å². The molecule has 0 atom stereocenters. The van der Waals surface area contributed by atoms with Gasteiger partial charge in [-0.25, -0.2) is 9.18 Å². The molecule has 1 amide bonds. The van der Waals surface area contributed by atoms with Crippen LogP contribution in [0.4, 0.5) is 20.6 Å². The van der Waals surface area contributed by atoms with E-state index < -0.39 is 28.2 Å². The summed E-state index contributed by atoms with van der Waals surface area (Å²) in [5.74, 6) is -0.933. The van der Waals surface area contributed by atoms with Crippen molar-refractivity contribution in [1.29, 1.82) is 0 Å². The Morgan fingerprint density at radius 1 is 1.32 bits per heavy atom. The van der Waals surface area contributed by atoms with E-state index in [9.17, 15) is 19.3 Å². The fourth-order valence-electron chi connectivity index (χ4n) is 1.69. The summed E-state index contributed by atoms with van der Waals surface area (Å²) >= 11 is 2.95. The van der Waals surface area contributed by atoms with Gasteiger partial charge in [0.25, 0.3) is 5.69 Å². The van der Waals surface area contributed by atoms with E-state index in [-0.39, 0.29) is 11.1 Å². The van der Waals surface area contributed by atoms with Crippen LogP contribution >= 0.6 is 15.9 Å². The Hall–Kier alpha value is -2.48. The van der Waals surface area contributed by atoms with E-state index in [1.165, 1.54) is 0 Å². The van der Waals surface area contributed by atoms with Crippen LogP contribution in [0.25, 0.3) is 0 Å². The van der Waals surface area contributed by atoms with Crippen LogP contribution in [0.1, 0.15) is 5.56 Å². The molecule has 2 rings (SSSR count). The lowest BCUT2D eigenvalue weighted by Gasteiger charge is -2.08. The molecule has 0 aromatic heterocycles. The number of ether oxygens (including phenoxy) is 1. The second kappa shape index (κ2) is 6.99. The monoisotopic (exact) mass is 368 g/mol. The molecular formula is C14H10BrFN2O4. The normalized spacial score (nSPS) is 10.1. The minimum Gasteiger partial charge on any atom is -0.444 e. The number of nitrogens with one attached hydrogen (secondary N) is 1. The summed E-state index contributed by atoms with van der Waals surface area (Å²) in [7, 11) is 0. The third-order valence-electron chi connectivity index (χ3n) is 2.67. The van der Waals surface area contributed by atoms with Gasteiger partial charge in [-0.3, -0.25) is 15.4 Å². The molecular weight excluding hydrogens is 359 g/mol. The maximum Gasteiger partial charge on any atom is 0.412 e. The average Bonchev–Trinajstić information content (AvgIpc) is 2.48. The minimum absolute atomic E-state index is 0.0291. The number of hydrogen-bond donors (Lipinski definition) is 1. The molecule has 0 spiro atoms. The Labute approximate surface area is 133 Å². The highest BCUT2D eigenvalue weighted by Crippen LogP contribution is 2.31. The van der Waals surface area contributed by atoms with Gasteiger partial charge in [0.05, 0.1) is 4.92 Å². The molecule has 2 aromatic carbocycles. The van der Waals surface area contributed by atoms with Crippen LogP contribution in [0.3, 0.4) is 0 Å². The van der Waals surface area contributed by atoms with E-state index >= 15 is 0 Å². The van der Waals surface area contributed by atoms with Gasteiger partial charge >= 0.3 is 6.09 Å². The molecule has 2 aromatic rings. The maximum atomic E-state index is 13.8. The van der Waals surface area contributed by atoms with E-state index in [2.05, 4.69) is 21.2 Å². The zero-order valence-electron chi connectivity index (χ0n) is 11.1. The van der Waals surface area contributed by atoms with E-state index in [1.54, 1.807) is 24.3 Å². The largest absolute Gasteiger partial charge is 0.444 e. The molecule has 0 aliphatic carbocycles. The van der Waals surface area contributed by atoms with Crippen LogP contribution in [0.5, 0.6) is 0 Å². The second-order valence-corrected chi connectivity index (χ2v) is 5.14. The fraction of sp³-hybridized carbons (Fsp3) is 0.0714. The summed E-state index contributed by atoms with van der Waals surface area (Å²) in [4.78, 5) is 21.8. The molecule has 1 N–H and O–H groups in total. The van der Waals surface area contributed by atoms with Crippen molar-refractivity contribution in [2.24, 2.45) is 0 Å². The molecule has 8 heteroatoms. The van der Waals surface area contributed by atoms with Crippen LogP contribution < -0.4 is 5.32 Å². The number of carbonyl (C=O) groups excluding carboxylic acids is 1. The predicted octanol–water partition coefficient (Wildman–Crippen LogP) is 4.25. The van der Waals surface area contributed by atoms with Gasteiger partial charge in [0, 0.05) is 10.5 Å². The molecule has 0 heterocycles. The van der Waals surface area contributed by atoms with Gasteiger partial charge in [-0.05, 0) is 11.6 Å². The van der Waals surface area contributed by atoms with Gasteiger partial charge in [-0.2, -0.15) is 0 Å². The highest BCUT2D eigenvalue weighted by atomic mass is 79.9. The molecule has 0 unspecified atom stereocenters. The maximum absolute atomic E-state index is 13.8. The second-order valence-electron chi connectivity index (χ2n) is 4.23. The van der Waals surface area contributed by atoms with Gasteiger partial charge in [0.1, 0.15) is 6.61 Å². The zero-order valence-corrected chi connectivity index (χ0v) is 12.7.